The number of imidazole rings is 1. The lowest BCUT2D eigenvalue weighted by Gasteiger charge is -2.01. The summed E-state index contributed by atoms with van der Waals surface area (Å²) in [5, 5.41) is 8.78. The monoisotopic (exact) mass is 204 g/mol. The molecular weight excluding hydrogens is 196 g/mol. The highest BCUT2D eigenvalue weighted by Gasteiger charge is 2.05. The second-order valence-corrected chi connectivity index (χ2v) is 2.99. The molecule has 0 atom stereocenters. The second-order valence-electron chi connectivity index (χ2n) is 2.99. The van der Waals surface area contributed by atoms with Crippen LogP contribution in [0.2, 0.25) is 0 Å². The maximum absolute atomic E-state index is 11.3. The molecule has 0 spiro atoms. The second kappa shape index (κ2) is 3.45. The van der Waals surface area contributed by atoms with Crippen molar-refractivity contribution in [2.24, 2.45) is 0 Å². The van der Waals surface area contributed by atoms with Crippen LogP contribution < -0.4 is 5.69 Å². The molecule has 15 heavy (non-hydrogen) atoms. The van der Waals surface area contributed by atoms with Crippen LogP contribution in [0, 0.1) is 0 Å². The van der Waals surface area contributed by atoms with Crippen LogP contribution in [0.4, 0.5) is 0 Å². The van der Waals surface area contributed by atoms with E-state index in [1.807, 2.05) is 0 Å². The van der Waals surface area contributed by atoms with E-state index in [9.17, 15) is 9.59 Å². The Bertz CT molecular complexity index is 554. The highest BCUT2D eigenvalue weighted by atomic mass is 16.4. The first-order chi connectivity index (χ1) is 7.18. The van der Waals surface area contributed by atoms with Crippen molar-refractivity contribution in [2.45, 2.75) is 0 Å². The van der Waals surface area contributed by atoms with E-state index in [0.29, 0.717) is 5.69 Å². The first-order valence-electron chi connectivity index (χ1n) is 4.28. The molecule has 2 aromatic rings. The van der Waals surface area contributed by atoms with Crippen LogP contribution in [0.15, 0.2) is 41.5 Å². The molecule has 0 bridgehead atoms. The molecule has 0 aliphatic rings. The quantitative estimate of drug-likeness (QED) is 0.761. The number of aromatic amines is 1. The van der Waals surface area contributed by atoms with E-state index in [2.05, 4.69) is 4.98 Å². The number of H-pyrrole nitrogens is 1. The molecule has 1 aromatic heterocycles. The third-order valence-electron chi connectivity index (χ3n) is 2.02. The zero-order chi connectivity index (χ0) is 10.8. The van der Waals surface area contributed by atoms with Gasteiger partial charge in [0.05, 0.1) is 11.3 Å². The average molecular weight is 204 g/mol. The molecular formula is C10H8N2O3. The van der Waals surface area contributed by atoms with Crippen molar-refractivity contribution in [3.8, 4) is 5.69 Å². The SMILES string of the molecule is O=C(O)c1cccc(-n2cc[nH]c2=O)c1. The van der Waals surface area contributed by atoms with Gasteiger partial charge >= 0.3 is 11.7 Å². The van der Waals surface area contributed by atoms with Gasteiger partial charge < -0.3 is 10.1 Å². The number of rotatable bonds is 2. The van der Waals surface area contributed by atoms with E-state index in [4.69, 9.17) is 5.11 Å². The summed E-state index contributed by atoms with van der Waals surface area (Å²) in [5.74, 6) is -1.01. The van der Waals surface area contributed by atoms with Crippen molar-refractivity contribution in [3.05, 3.63) is 52.7 Å². The lowest BCUT2D eigenvalue weighted by atomic mass is 10.2. The predicted octanol–water partition coefficient (Wildman–Crippen LogP) is 0.864. The summed E-state index contributed by atoms with van der Waals surface area (Å²) in [6.45, 7) is 0. The third kappa shape index (κ3) is 1.67. The minimum absolute atomic E-state index is 0.153. The third-order valence-corrected chi connectivity index (χ3v) is 2.02. The van der Waals surface area contributed by atoms with Gasteiger partial charge in [0, 0.05) is 12.4 Å². The Balaban J connectivity index is 2.55. The van der Waals surface area contributed by atoms with E-state index in [-0.39, 0.29) is 11.3 Å². The molecule has 0 fully saturated rings. The summed E-state index contributed by atoms with van der Waals surface area (Å²) >= 11 is 0. The van der Waals surface area contributed by atoms with Crippen LogP contribution in [0.1, 0.15) is 10.4 Å². The Labute approximate surface area is 84.6 Å². The number of carbonyl (C=O) groups is 1. The van der Waals surface area contributed by atoms with Crippen molar-refractivity contribution in [3.63, 3.8) is 0 Å². The van der Waals surface area contributed by atoms with Gasteiger partial charge in [0.25, 0.3) is 0 Å². The van der Waals surface area contributed by atoms with E-state index < -0.39 is 5.97 Å². The fourth-order valence-electron chi connectivity index (χ4n) is 1.31. The predicted molar refractivity (Wildman–Crippen MR) is 53.3 cm³/mol. The molecule has 0 unspecified atom stereocenters. The number of nitrogens with one attached hydrogen (secondary N) is 1. The fourth-order valence-corrected chi connectivity index (χ4v) is 1.31. The van der Waals surface area contributed by atoms with Gasteiger partial charge in [-0.05, 0) is 18.2 Å². The van der Waals surface area contributed by atoms with E-state index >= 15 is 0 Å². The summed E-state index contributed by atoms with van der Waals surface area (Å²) in [6, 6.07) is 6.18. The Morgan fingerprint density at radius 1 is 1.40 bits per heavy atom. The molecule has 76 valence electrons. The molecule has 2 rings (SSSR count). The van der Waals surface area contributed by atoms with Crippen molar-refractivity contribution in [1.29, 1.82) is 0 Å². The van der Waals surface area contributed by atoms with Crippen molar-refractivity contribution < 1.29 is 9.90 Å². The molecule has 5 heteroatoms. The average Bonchev–Trinajstić information content (AvgIpc) is 2.64. The Morgan fingerprint density at radius 2 is 2.20 bits per heavy atom. The van der Waals surface area contributed by atoms with Crippen LogP contribution in [-0.4, -0.2) is 20.6 Å². The van der Waals surface area contributed by atoms with Crippen LogP contribution in [0.3, 0.4) is 0 Å². The maximum Gasteiger partial charge on any atom is 0.335 e. The van der Waals surface area contributed by atoms with Gasteiger partial charge in [-0.2, -0.15) is 0 Å². The van der Waals surface area contributed by atoms with Gasteiger partial charge in [0.2, 0.25) is 0 Å². The molecule has 0 aliphatic carbocycles. The molecule has 0 aliphatic heterocycles. The zero-order valence-corrected chi connectivity index (χ0v) is 7.68. The minimum Gasteiger partial charge on any atom is -0.478 e. The molecule has 2 N–H and O–H groups in total. The zero-order valence-electron chi connectivity index (χ0n) is 7.68. The van der Waals surface area contributed by atoms with Crippen LogP contribution >= 0.6 is 0 Å². The Morgan fingerprint density at radius 3 is 2.80 bits per heavy atom. The largest absolute Gasteiger partial charge is 0.478 e. The smallest absolute Gasteiger partial charge is 0.335 e. The fraction of sp³-hybridized carbons (Fsp3) is 0. The van der Waals surface area contributed by atoms with E-state index in [1.54, 1.807) is 18.3 Å². The van der Waals surface area contributed by atoms with Gasteiger partial charge in [-0.1, -0.05) is 6.07 Å². The molecule has 0 amide bonds. The highest BCUT2D eigenvalue weighted by molar-refractivity contribution is 5.88. The first-order valence-corrected chi connectivity index (χ1v) is 4.28. The number of carboxylic acid groups (broad SMARTS) is 1. The van der Waals surface area contributed by atoms with Crippen LogP contribution in [-0.2, 0) is 0 Å². The summed E-state index contributed by atoms with van der Waals surface area (Å²) in [7, 11) is 0. The van der Waals surface area contributed by atoms with Gasteiger partial charge in [0.15, 0.2) is 0 Å². The number of benzene rings is 1. The van der Waals surface area contributed by atoms with Gasteiger partial charge in [-0.25, -0.2) is 9.59 Å². The number of carboxylic acids is 1. The summed E-state index contributed by atoms with van der Waals surface area (Å²) in [4.78, 5) is 24.4. The number of nitrogens with zero attached hydrogens (tertiary/aromatic N) is 1. The molecule has 0 saturated carbocycles. The number of aromatic carboxylic acids is 1. The van der Waals surface area contributed by atoms with Gasteiger partial charge in [0.1, 0.15) is 0 Å². The standard InChI is InChI=1S/C10H8N2O3/c13-9(14)7-2-1-3-8(6-7)12-5-4-11-10(12)15/h1-6H,(H,11,15)(H,13,14). The lowest BCUT2D eigenvalue weighted by molar-refractivity contribution is 0.0697. The van der Waals surface area contributed by atoms with Gasteiger partial charge in [-0.15, -0.1) is 0 Å². The molecule has 1 heterocycles. The molecule has 5 nitrogen and oxygen atoms in total. The summed E-state index contributed by atoms with van der Waals surface area (Å²) < 4.78 is 1.34. The topological polar surface area (TPSA) is 75.1 Å². The normalized spacial score (nSPS) is 10.1. The van der Waals surface area contributed by atoms with Gasteiger partial charge in [-0.3, -0.25) is 4.57 Å². The van der Waals surface area contributed by atoms with E-state index in [1.165, 1.54) is 22.9 Å². The van der Waals surface area contributed by atoms with Crippen molar-refractivity contribution in [2.75, 3.05) is 0 Å². The Kier molecular flexibility index (Phi) is 2.13. The van der Waals surface area contributed by atoms with Crippen molar-refractivity contribution in [1.82, 2.24) is 9.55 Å². The highest BCUT2D eigenvalue weighted by Crippen LogP contribution is 2.08. The maximum atomic E-state index is 11.3. The first kappa shape index (κ1) is 9.26. The van der Waals surface area contributed by atoms with Crippen LogP contribution in [0.5, 0.6) is 0 Å². The summed E-state index contributed by atoms with van der Waals surface area (Å²) in [5.41, 5.74) is 0.388. The number of hydrogen-bond acceptors (Lipinski definition) is 2. The summed E-state index contributed by atoms with van der Waals surface area (Å²) in [6.07, 6.45) is 3.04. The van der Waals surface area contributed by atoms with E-state index in [0.717, 1.165) is 0 Å². The number of aromatic nitrogens is 2. The van der Waals surface area contributed by atoms with Crippen LogP contribution in [0.25, 0.3) is 5.69 Å². The lowest BCUT2D eigenvalue weighted by Crippen LogP contribution is -2.14. The molecule has 1 aromatic carbocycles. The Hall–Kier alpha value is -2.30. The molecule has 0 saturated heterocycles. The molecule has 0 radical (unpaired) electrons. The number of hydrogen-bond donors (Lipinski definition) is 2. The van der Waals surface area contributed by atoms with Crippen molar-refractivity contribution >= 4 is 5.97 Å². The minimum atomic E-state index is -1.01.